The summed E-state index contributed by atoms with van der Waals surface area (Å²) in [6.07, 6.45) is 0.00598. The Kier molecular flexibility index (Phi) is 4.89. The van der Waals surface area contributed by atoms with Crippen LogP contribution in [-0.2, 0) is 9.53 Å². The van der Waals surface area contributed by atoms with Gasteiger partial charge in [0.25, 0.3) is 5.69 Å². The van der Waals surface area contributed by atoms with E-state index >= 15 is 0 Å². The van der Waals surface area contributed by atoms with Gasteiger partial charge < -0.3 is 9.47 Å². The van der Waals surface area contributed by atoms with Gasteiger partial charge in [0.15, 0.2) is 0 Å². The first-order valence-corrected chi connectivity index (χ1v) is 6.83. The van der Waals surface area contributed by atoms with Crippen LogP contribution >= 0.6 is 0 Å². The van der Waals surface area contributed by atoms with Gasteiger partial charge in [-0.05, 0) is 19.1 Å². The average Bonchev–Trinajstić information content (AvgIpc) is 3.03. The fourth-order valence-electron chi connectivity index (χ4n) is 2.10. The molecule has 0 fully saturated rings. The van der Waals surface area contributed by atoms with Gasteiger partial charge in [-0.3, -0.25) is 20.3 Å². The van der Waals surface area contributed by atoms with Crippen molar-refractivity contribution in [2.75, 3.05) is 13.7 Å². The molecule has 23 heavy (non-hydrogen) atoms. The third-order valence-electron chi connectivity index (χ3n) is 3.23. The highest BCUT2D eigenvalue weighted by Gasteiger charge is 2.33. The van der Waals surface area contributed by atoms with Gasteiger partial charge in [-0.15, -0.1) is 0 Å². The molecule has 9 heteroatoms. The molecular weight excluding hydrogens is 306 g/mol. The Labute approximate surface area is 131 Å². The summed E-state index contributed by atoms with van der Waals surface area (Å²) in [6, 6.07) is 3.10. The Balaban J connectivity index is 2.24. The Morgan fingerprint density at radius 2 is 2.22 bits per heavy atom. The third-order valence-corrected chi connectivity index (χ3v) is 3.23. The fraction of sp³-hybridized carbons (Fsp3) is 0.357. The molecule has 1 N–H and O–H groups in total. The molecule has 0 radical (unpaired) electrons. The quantitative estimate of drug-likeness (QED) is 0.360. The summed E-state index contributed by atoms with van der Waals surface area (Å²) < 4.78 is 9.83. The van der Waals surface area contributed by atoms with Gasteiger partial charge in [0.05, 0.1) is 18.6 Å². The second-order valence-corrected chi connectivity index (χ2v) is 4.67. The van der Waals surface area contributed by atoms with Crippen LogP contribution in [0.15, 0.2) is 23.3 Å². The van der Waals surface area contributed by atoms with E-state index < -0.39 is 22.7 Å². The molecule has 2 rings (SSSR count). The number of nitro groups is 1. The number of hydrazone groups is 1. The lowest BCUT2D eigenvalue weighted by molar-refractivity contribution is -0.385. The molecule has 0 spiro atoms. The van der Waals surface area contributed by atoms with E-state index in [2.05, 4.69) is 10.5 Å². The van der Waals surface area contributed by atoms with Crippen molar-refractivity contribution < 1.29 is 24.0 Å². The number of esters is 1. The normalized spacial score (nSPS) is 16.3. The van der Waals surface area contributed by atoms with Crippen LogP contribution in [0, 0.1) is 10.1 Å². The van der Waals surface area contributed by atoms with Crippen molar-refractivity contribution in [1.82, 2.24) is 5.43 Å². The number of hydrogen-bond acceptors (Lipinski definition) is 8. The highest BCUT2D eigenvalue weighted by atomic mass is 16.6. The van der Waals surface area contributed by atoms with Crippen molar-refractivity contribution in [3.05, 3.63) is 33.9 Å². The molecule has 0 bridgehead atoms. The number of benzene rings is 1. The van der Waals surface area contributed by atoms with Gasteiger partial charge in [-0.25, -0.2) is 4.79 Å². The molecule has 0 aliphatic carbocycles. The van der Waals surface area contributed by atoms with Gasteiger partial charge >= 0.3 is 5.97 Å². The summed E-state index contributed by atoms with van der Waals surface area (Å²) in [5, 5.41) is 14.9. The van der Waals surface area contributed by atoms with E-state index in [1.807, 2.05) is 0 Å². The van der Waals surface area contributed by atoms with Crippen molar-refractivity contribution in [3.8, 4) is 5.75 Å². The first kappa shape index (κ1) is 16.4. The van der Waals surface area contributed by atoms with Gasteiger partial charge in [-0.1, -0.05) is 0 Å². The Bertz CT molecular complexity index is 685. The lowest BCUT2D eigenvalue weighted by Crippen LogP contribution is -2.32. The van der Waals surface area contributed by atoms with Crippen LogP contribution in [0.4, 0.5) is 5.69 Å². The summed E-state index contributed by atoms with van der Waals surface area (Å²) in [6.45, 7) is 1.88. The van der Waals surface area contributed by atoms with Gasteiger partial charge in [0, 0.05) is 12.5 Å². The SMILES string of the molecule is CCOC(=O)C1CC(C(=O)c2cc(OC)ccc2[N+](=O)[O-])=NN1. The number of Topliss-reactive ketones (excluding diaryl/α,β-unsaturated/α-hetero) is 1. The molecule has 0 saturated carbocycles. The Morgan fingerprint density at radius 3 is 2.83 bits per heavy atom. The van der Waals surface area contributed by atoms with Crippen LogP contribution in [0.5, 0.6) is 5.75 Å². The highest BCUT2D eigenvalue weighted by Crippen LogP contribution is 2.26. The molecule has 1 heterocycles. The Morgan fingerprint density at radius 1 is 1.48 bits per heavy atom. The van der Waals surface area contributed by atoms with E-state index in [1.54, 1.807) is 6.92 Å². The number of methoxy groups -OCH3 is 1. The first-order chi connectivity index (χ1) is 11.0. The molecular formula is C14H15N3O6. The fourth-order valence-corrected chi connectivity index (χ4v) is 2.10. The van der Waals surface area contributed by atoms with E-state index in [4.69, 9.17) is 9.47 Å². The van der Waals surface area contributed by atoms with Crippen LogP contribution < -0.4 is 10.2 Å². The summed E-state index contributed by atoms with van der Waals surface area (Å²) in [7, 11) is 1.39. The molecule has 0 saturated heterocycles. The molecule has 1 atom stereocenters. The lowest BCUT2D eigenvalue weighted by Gasteiger charge is -2.08. The monoisotopic (exact) mass is 321 g/mol. The number of nitrogens with zero attached hydrogens (tertiary/aromatic N) is 2. The smallest absolute Gasteiger partial charge is 0.330 e. The number of ketones is 1. The van der Waals surface area contributed by atoms with Crippen molar-refractivity contribution in [1.29, 1.82) is 0 Å². The number of carbonyl (C=O) groups is 2. The van der Waals surface area contributed by atoms with E-state index in [0.29, 0.717) is 5.75 Å². The first-order valence-electron chi connectivity index (χ1n) is 6.83. The van der Waals surface area contributed by atoms with Gasteiger partial charge in [-0.2, -0.15) is 5.10 Å². The minimum absolute atomic E-state index is 0.00598. The molecule has 0 aromatic heterocycles. The van der Waals surface area contributed by atoms with Crippen LogP contribution in [0.25, 0.3) is 0 Å². The van der Waals surface area contributed by atoms with Crippen molar-refractivity contribution in [2.45, 2.75) is 19.4 Å². The highest BCUT2D eigenvalue weighted by molar-refractivity contribution is 6.47. The average molecular weight is 321 g/mol. The van der Waals surface area contributed by atoms with Crippen LogP contribution in [0.2, 0.25) is 0 Å². The predicted molar refractivity (Wildman–Crippen MR) is 79.6 cm³/mol. The summed E-state index contributed by atoms with van der Waals surface area (Å²) in [5.41, 5.74) is 2.05. The third kappa shape index (κ3) is 3.44. The minimum Gasteiger partial charge on any atom is -0.497 e. The number of ether oxygens (including phenoxy) is 2. The number of nitro benzene ring substituents is 1. The maximum atomic E-state index is 12.5. The van der Waals surface area contributed by atoms with Crippen LogP contribution in [-0.4, -0.2) is 42.1 Å². The number of hydrogen-bond donors (Lipinski definition) is 1. The Hall–Kier alpha value is -2.97. The molecule has 1 aliphatic heterocycles. The molecule has 122 valence electrons. The number of carbonyl (C=O) groups excluding carboxylic acids is 2. The maximum absolute atomic E-state index is 12.5. The summed E-state index contributed by atoms with van der Waals surface area (Å²) >= 11 is 0. The largest absolute Gasteiger partial charge is 0.497 e. The van der Waals surface area contributed by atoms with Gasteiger partial charge in [0.1, 0.15) is 23.1 Å². The zero-order valence-electron chi connectivity index (χ0n) is 12.6. The maximum Gasteiger partial charge on any atom is 0.330 e. The molecule has 1 aliphatic rings. The van der Waals surface area contributed by atoms with E-state index in [0.717, 1.165) is 0 Å². The van der Waals surface area contributed by atoms with E-state index in [9.17, 15) is 19.7 Å². The van der Waals surface area contributed by atoms with Gasteiger partial charge in [0.2, 0.25) is 5.78 Å². The molecule has 9 nitrogen and oxygen atoms in total. The minimum atomic E-state index is -0.765. The van der Waals surface area contributed by atoms with Crippen LogP contribution in [0.3, 0.4) is 0 Å². The number of nitrogens with one attached hydrogen (secondary N) is 1. The standard InChI is InChI=1S/C14H15N3O6/c1-3-23-14(19)11-7-10(15-16-11)13(18)9-6-8(22-2)4-5-12(9)17(20)21/h4-6,11,16H,3,7H2,1-2H3. The van der Waals surface area contributed by atoms with Crippen LogP contribution in [0.1, 0.15) is 23.7 Å². The number of rotatable bonds is 6. The molecule has 1 aromatic carbocycles. The molecule has 0 amide bonds. The van der Waals surface area contributed by atoms with E-state index in [1.165, 1.54) is 25.3 Å². The van der Waals surface area contributed by atoms with Crippen molar-refractivity contribution in [2.24, 2.45) is 5.10 Å². The predicted octanol–water partition coefficient (Wildman–Crippen LogP) is 1.07. The van der Waals surface area contributed by atoms with E-state index in [-0.39, 0.29) is 30.0 Å². The molecule has 1 unspecified atom stereocenters. The zero-order chi connectivity index (χ0) is 17.0. The molecule has 1 aromatic rings. The zero-order valence-corrected chi connectivity index (χ0v) is 12.6. The summed E-state index contributed by atoms with van der Waals surface area (Å²) in [4.78, 5) is 34.5. The second-order valence-electron chi connectivity index (χ2n) is 4.67. The summed E-state index contributed by atoms with van der Waals surface area (Å²) in [5.74, 6) is -0.846. The topological polar surface area (TPSA) is 120 Å². The van der Waals surface area contributed by atoms with Crippen molar-refractivity contribution >= 4 is 23.2 Å². The van der Waals surface area contributed by atoms with Crippen molar-refractivity contribution in [3.63, 3.8) is 0 Å². The lowest BCUT2D eigenvalue weighted by atomic mass is 10.0. The second kappa shape index (κ2) is 6.86.